The number of hydrogen-bond donors (Lipinski definition) is 2. The van der Waals surface area contributed by atoms with Gasteiger partial charge in [-0.1, -0.05) is 0 Å². The summed E-state index contributed by atoms with van der Waals surface area (Å²) in [6, 6.07) is 0. The van der Waals surface area contributed by atoms with Crippen molar-refractivity contribution < 1.29 is 24.6 Å². The minimum Gasteiger partial charge on any atom is -0.481 e. The number of Topliss-reactive ketones (excluding diaryl/α,β-unsaturated/α-hetero) is 1. The van der Waals surface area contributed by atoms with Crippen LogP contribution < -0.4 is 0 Å². The van der Waals surface area contributed by atoms with Crippen molar-refractivity contribution in [1.82, 2.24) is 0 Å². The lowest BCUT2D eigenvalue weighted by atomic mass is 10.1. The van der Waals surface area contributed by atoms with E-state index in [0.29, 0.717) is 38.5 Å². The Balaban J connectivity index is 3.31. The van der Waals surface area contributed by atoms with Crippen molar-refractivity contribution in [1.29, 1.82) is 0 Å². The second-order valence-corrected chi connectivity index (χ2v) is 3.74. The standard InChI is InChI=1S/C11H18O5/c12-9(5-1-3-7-10(13)14)6-2-4-8-11(15)16/h1-8H2,(H,13,14)(H,15,16). The molecule has 0 unspecified atom stereocenters. The zero-order valence-corrected chi connectivity index (χ0v) is 9.28. The Morgan fingerprint density at radius 3 is 1.25 bits per heavy atom. The van der Waals surface area contributed by atoms with Gasteiger partial charge in [0, 0.05) is 25.7 Å². The Morgan fingerprint density at radius 2 is 0.938 bits per heavy atom. The SMILES string of the molecule is O=C(O)CCCCC(=O)CCCCC(=O)O. The Labute approximate surface area is 94.5 Å². The second-order valence-electron chi connectivity index (χ2n) is 3.74. The van der Waals surface area contributed by atoms with Crippen LogP contribution in [0.25, 0.3) is 0 Å². The fourth-order valence-corrected chi connectivity index (χ4v) is 1.32. The number of aliphatic carboxylic acids is 2. The molecule has 0 aliphatic carbocycles. The number of carbonyl (C=O) groups is 3. The molecule has 0 atom stereocenters. The maximum Gasteiger partial charge on any atom is 0.303 e. The summed E-state index contributed by atoms with van der Waals surface area (Å²) >= 11 is 0. The van der Waals surface area contributed by atoms with Crippen LogP contribution in [0.2, 0.25) is 0 Å². The molecule has 0 radical (unpaired) electrons. The van der Waals surface area contributed by atoms with Gasteiger partial charge in [0.05, 0.1) is 0 Å². The molecule has 2 N–H and O–H groups in total. The molecule has 0 amide bonds. The van der Waals surface area contributed by atoms with Gasteiger partial charge in [-0.25, -0.2) is 0 Å². The van der Waals surface area contributed by atoms with Crippen molar-refractivity contribution in [2.45, 2.75) is 51.4 Å². The van der Waals surface area contributed by atoms with E-state index in [-0.39, 0.29) is 18.6 Å². The molecule has 0 fully saturated rings. The first kappa shape index (κ1) is 14.6. The van der Waals surface area contributed by atoms with Gasteiger partial charge in [-0.2, -0.15) is 0 Å². The summed E-state index contributed by atoms with van der Waals surface area (Å²) in [7, 11) is 0. The van der Waals surface area contributed by atoms with Crippen molar-refractivity contribution in [3.63, 3.8) is 0 Å². The zero-order chi connectivity index (χ0) is 12.4. The van der Waals surface area contributed by atoms with Crippen molar-refractivity contribution >= 4 is 17.7 Å². The van der Waals surface area contributed by atoms with Crippen LogP contribution >= 0.6 is 0 Å². The number of carboxylic acids is 2. The van der Waals surface area contributed by atoms with Crippen LogP contribution in [0, 0.1) is 0 Å². The summed E-state index contributed by atoms with van der Waals surface area (Å²) in [6.07, 6.45) is 3.26. The molecule has 5 nitrogen and oxygen atoms in total. The third-order valence-corrected chi connectivity index (χ3v) is 2.19. The van der Waals surface area contributed by atoms with E-state index in [1.54, 1.807) is 0 Å². The zero-order valence-electron chi connectivity index (χ0n) is 9.28. The van der Waals surface area contributed by atoms with E-state index < -0.39 is 11.9 Å². The van der Waals surface area contributed by atoms with Crippen LogP contribution in [0.1, 0.15) is 51.4 Å². The quantitative estimate of drug-likeness (QED) is 0.559. The number of rotatable bonds is 10. The van der Waals surface area contributed by atoms with Gasteiger partial charge in [-0.05, 0) is 25.7 Å². The van der Waals surface area contributed by atoms with Crippen LogP contribution in [0.15, 0.2) is 0 Å². The van der Waals surface area contributed by atoms with Gasteiger partial charge in [-0.3, -0.25) is 14.4 Å². The van der Waals surface area contributed by atoms with Crippen LogP contribution in [-0.2, 0) is 14.4 Å². The molecule has 0 rings (SSSR count). The summed E-state index contributed by atoms with van der Waals surface area (Å²) in [5.41, 5.74) is 0. The topological polar surface area (TPSA) is 91.7 Å². The third-order valence-electron chi connectivity index (χ3n) is 2.19. The highest BCUT2D eigenvalue weighted by Crippen LogP contribution is 2.06. The molecule has 16 heavy (non-hydrogen) atoms. The minimum atomic E-state index is -0.839. The minimum absolute atomic E-state index is 0.0933. The van der Waals surface area contributed by atoms with Crippen molar-refractivity contribution in [3.8, 4) is 0 Å². The average molecular weight is 230 g/mol. The predicted molar refractivity (Wildman–Crippen MR) is 57.2 cm³/mol. The molecule has 0 saturated carbocycles. The molecule has 0 aromatic carbocycles. The fourth-order valence-electron chi connectivity index (χ4n) is 1.32. The van der Waals surface area contributed by atoms with Gasteiger partial charge in [-0.15, -0.1) is 0 Å². The van der Waals surface area contributed by atoms with Crippen LogP contribution in [0.4, 0.5) is 0 Å². The Hall–Kier alpha value is -1.39. The smallest absolute Gasteiger partial charge is 0.303 e. The Morgan fingerprint density at radius 1 is 0.625 bits per heavy atom. The maximum absolute atomic E-state index is 11.2. The summed E-state index contributed by atoms with van der Waals surface area (Å²) < 4.78 is 0. The van der Waals surface area contributed by atoms with Gasteiger partial charge < -0.3 is 10.2 Å². The van der Waals surface area contributed by atoms with Crippen molar-refractivity contribution in [3.05, 3.63) is 0 Å². The first-order valence-electron chi connectivity index (χ1n) is 5.47. The highest BCUT2D eigenvalue weighted by atomic mass is 16.4. The molecular weight excluding hydrogens is 212 g/mol. The van der Waals surface area contributed by atoms with E-state index in [0.717, 1.165) is 0 Å². The van der Waals surface area contributed by atoms with Gasteiger partial charge in [0.2, 0.25) is 0 Å². The first-order valence-corrected chi connectivity index (χ1v) is 5.47. The molecule has 92 valence electrons. The molecular formula is C11H18O5. The van der Waals surface area contributed by atoms with E-state index in [2.05, 4.69) is 0 Å². The van der Waals surface area contributed by atoms with E-state index in [1.807, 2.05) is 0 Å². The summed E-state index contributed by atoms with van der Waals surface area (Å²) in [5, 5.41) is 16.7. The summed E-state index contributed by atoms with van der Waals surface area (Å²) in [5.74, 6) is -1.58. The van der Waals surface area contributed by atoms with E-state index in [4.69, 9.17) is 10.2 Å². The first-order chi connectivity index (χ1) is 7.52. The second kappa shape index (κ2) is 8.88. The molecule has 0 saturated heterocycles. The normalized spacial score (nSPS) is 10.0. The highest BCUT2D eigenvalue weighted by Gasteiger charge is 2.04. The van der Waals surface area contributed by atoms with Crippen LogP contribution in [0.5, 0.6) is 0 Å². The van der Waals surface area contributed by atoms with Crippen LogP contribution in [-0.4, -0.2) is 27.9 Å². The van der Waals surface area contributed by atoms with Gasteiger partial charge in [0.1, 0.15) is 5.78 Å². The number of carbonyl (C=O) groups excluding carboxylic acids is 1. The Kier molecular flexibility index (Phi) is 8.11. The summed E-state index contributed by atoms with van der Waals surface area (Å²) in [4.78, 5) is 31.6. The van der Waals surface area contributed by atoms with Gasteiger partial charge in [0.25, 0.3) is 0 Å². The summed E-state index contributed by atoms with van der Waals surface area (Å²) in [6.45, 7) is 0. The van der Waals surface area contributed by atoms with E-state index >= 15 is 0 Å². The lowest BCUT2D eigenvalue weighted by Crippen LogP contribution is -2.00. The number of unbranched alkanes of at least 4 members (excludes halogenated alkanes) is 2. The molecule has 0 aliphatic rings. The maximum atomic E-state index is 11.2. The predicted octanol–water partition coefficient (Wildman–Crippen LogP) is 1.85. The Bertz CT molecular complexity index is 223. The monoisotopic (exact) mass is 230 g/mol. The largest absolute Gasteiger partial charge is 0.481 e. The number of hydrogen-bond acceptors (Lipinski definition) is 3. The van der Waals surface area contributed by atoms with Crippen molar-refractivity contribution in [2.24, 2.45) is 0 Å². The lowest BCUT2D eigenvalue weighted by Gasteiger charge is -1.99. The highest BCUT2D eigenvalue weighted by molar-refractivity contribution is 5.78. The van der Waals surface area contributed by atoms with Gasteiger partial charge >= 0.3 is 11.9 Å². The number of ketones is 1. The van der Waals surface area contributed by atoms with Gasteiger partial charge in [0.15, 0.2) is 0 Å². The fraction of sp³-hybridized carbons (Fsp3) is 0.727. The molecule has 0 bridgehead atoms. The molecule has 0 spiro atoms. The third kappa shape index (κ3) is 10.7. The van der Waals surface area contributed by atoms with Crippen molar-refractivity contribution in [2.75, 3.05) is 0 Å². The average Bonchev–Trinajstić information content (AvgIpc) is 2.19. The molecule has 0 aliphatic heterocycles. The van der Waals surface area contributed by atoms with E-state index in [9.17, 15) is 14.4 Å². The molecule has 5 heteroatoms. The lowest BCUT2D eigenvalue weighted by molar-refractivity contribution is -0.138. The molecule has 0 aromatic heterocycles. The van der Waals surface area contributed by atoms with Crippen LogP contribution in [0.3, 0.4) is 0 Å². The molecule has 0 aromatic rings. The van der Waals surface area contributed by atoms with E-state index in [1.165, 1.54) is 0 Å². The molecule has 0 heterocycles. The number of carboxylic acid groups (broad SMARTS) is 2.